The maximum atomic E-state index is 12.0. The number of hydrazone groups is 1. The van der Waals surface area contributed by atoms with E-state index >= 15 is 0 Å². The molecule has 1 aliphatic rings. The summed E-state index contributed by atoms with van der Waals surface area (Å²) in [6, 6.07) is 15.4. The van der Waals surface area contributed by atoms with Gasteiger partial charge >= 0.3 is 0 Å². The molecule has 0 radical (unpaired) electrons. The number of amidine groups is 1. The minimum atomic E-state index is -0.392. The normalized spacial score (nSPS) is 15.6. The number of rotatable bonds is 6. The highest BCUT2D eigenvalue weighted by Gasteiger charge is 2.32. The Morgan fingerprint density at radius 3 is 2.52 bits per heavy atom. The van der Waals surface area contributed by atoms with Crippen LogP contribution in [0.3, 0.4) is 0 Å². The molecule has 1 atom stereocenters. The number of carbonyl (C=O) groups is 2. The number of benzene rings is 2. The molecular weight excluding hydrogens is 390 g/mol. The molecule has 152 valence electrons. The Morgan fingerprint density at radius 1 is 1.10 bits per heavy atom. The van der Waals surface area contributed by atoms with E-state index in [1.807, 2.05) is 55.5 Å². The fourth-order valence-electron chi connectivity index (χ4n) is 2.78. The van der Waals surface area contributed by atoms with E-state index in [1.165, 1.54) is 30.6 Å². The molecule has 0 saturated carbocycles. The van der Waals surface area contributed by atoms with Crippen LogP contribution in [0.5, 0.6) is 11.5 Å². The first kappa shape index (κ1) is 20.7. The molecule has 8 heteroatoms. The number of nitrogens with one attached hydrogen (secondary N) is 1. The Bertz CT molecular complexity index is 917. The molecule has 2 aromatic carbocycles. The van der Waals surface area contributed by atoms with Crippen LogP contribution in [0.2, 0.25) is 0 Å². The van der Waals surface area contributed by atoms with Crippen LogP contribution in [0, 0.1) is 0 Å². The van der Waals surface area contributed by atoms with Gasteiger partial charge in [0.1, 0.15) is 12.0 Å². The third-order valence-corrected chi connectivity index (χ3v) is 5.14. The van der Waals surface area contributed by atoms with Gasteiger partial charge in [-0.25, -0.2) is 5.01 Å². The predicted molar refractivity (Wildman–Crippen MR) is 112 cm³/mol. The van der Waals surface area contributed by atoms with E-state index in [0.717, 1.165) is 11.1 Å². The lowest BCUT2D eigenvalue weighted by molar-refractivity contribution is -0.129. The highest BCUT2D eigenvalue weighted by molar-refractivity contribution is 8.14. The van der Waals surface area contributed by atoms with Crippen LogP contribution >= 0.6 is 11.8 Å². The van der Waals surface area contributed by atoms with Crippen LogP contribution in [-0.4, -0.2) is 28.6 Å². The number of carbonyl (C=O) groups excluding carboxylic acids is 2. The van der Waals surface area contributed by atoms with Crippen LogP contribution < -0.4 is 14.8 Å². The van der Waals surface area contributed by atoms with Gasteiger partial charge in [0.15, 0.2) is 16.7 Å². The third kappa shape index (κ3) is 5.29. The summed E-state index contributed by atoms with van der Waals surface area (Å²) in [4.78, 5) is 23.4. The average molecular weight is 413 g/mol. The zero-order chi connectivity index (χ0) is 20.8. The van der Waals surface area contributed by atoms with Crippen molar-refractivity contribution in [1.29, 1.82) is 0 Å². The Labute approximate surface area is 174 Å². The van der Waals surface area contributed by atoms with E-state index < -0.39 is 5.37 Å². The molecule has 0 saturated heterocycles. The summed E-state index contributed by atoms with van der Waals surface area (Å²) in [6.45, 7) is 5.65. The highest BCUT2D eigenvalue weighted by Crippen LogP contribution is 2.41. The van der Waals surface area contributed by atoms with Gasteiger partial charge in [0.05, 0.1) is 6.61 Å². The van der Waals surface area contributed by atoms with Crippen molar-refractivity contribution in [2.45, 2.75) is 32.8 Å². The summed E-state index contributed by atoms with van der Waals surface area (Å²) in [6.07, 6.45) is 0. The van der Waals surface area contributed by atoms with Crippen molar-refractivity contribution in [3.8, 4) is 11.5 Å². The molecule has 3 rings (SSSR count). The Morgan fingerprint density at radius 2 is 1.86 bits per heavy atom. The zero-order valence-electron chi connectivity index (χ0n) is 16.5. The van der Waals surface area contributed by atoms with Crippen molar-refractivity contribution in [3.05, 3.63) is 59.7 Å². The molecule has 1 aliphatic heterocycles. The lowest BCUT2D eigenvalue weighted by atomic mass is 10.2. The molecule has 2 amide bonds. The molecule has 0 bridgehead atoms. The quantitative estimate of drug-likeness (QED) is 0.782. The lowest BCUT2D eigenvalue weighted by Gasteiger charge is -2.21. The molecule has 0 aliphatic carbocycles. The second-order valence-electron chi connectivity index (χ2n) is 6.33. The second kappa shape index (κ2) is 9.47. The summed E-state index contributed by atoms with van der Waals surface area (Å²) in [5, 5.41) is 8.21. The van der Waals surface area contributed by atoms with Crippen molar-refractivity contribution in [2.75, 3.05) is 6.61 Å². The smallest absolute Gasteiger partial charge is 0.241 e. The largest absolute Gasteiger partial charge is 0.490 e. The van der Waals surface area contributed by atoms with Crippen molar-refractivity contribution in [1.82, 2.24) is 10.3 Å². The summed E-state index contributed by atoms with van der Waals surface area (Å²) < 4.78 is 11.7. The van der Waals surface area contributed by atoms with Gasteiger partial charge < -0.3 is 14.8 Å². The molecule has 0 fully saturated rings. The van der Waals surface area contributed by atoms with Gasteiger partial charge in [0.2, 0.25) is 11.8 Å². The van der Waals surface area contributed by atoms with Crippen LogP contribution in [-0.2, 0) is 16.2 Å². The molecule has 2 aromatic rings. The number of hydrogen-bond acceptors (Lipinski definition) is 6. The SMILES string of the molecule is CCOc1cc(C2SC(NC(C)=O)=NN2C(C)=O)ccc1OCc1ccccc1. The zero-order valence-corrected chi connectivity index (χ0v) is 17.4. The molecule has 29 heavy (non-hydrogen) atoms. The molecule has 1 unspecified atom stereocenters. The first-order chi connectivity index (χ1) is 14.0. The first-order valence-corrected chi connectivity index (χ1v) is 10.1. The minimum absolute atomic E-state index is 0.217. The molecule has 7 nitrogen and oxygen atoms in total. The van der Waals surface area contributed by atoms with Gasteiger partial charge in [0.25, 0.3) is 0 Å². The average Bonchev–Trinajstić information content (AvgIpc) is 3.11. The lowest BCUT2D eigenvalue weighted by Crippen LogP contribution is -2.25. The van der Waals surface area contributed by atoms with Gasteiger partial charge in [-0.1, -0.05) is 48.2 Å². The Kier molecular flexibility index (Phi) is 6.77. The number of ether oxygens (including phenoxy) is 2. The van der Waals surface area contributed by atoms with Gasteiger partial charge in [-0.3, -0.25) is 9.59 Å². The van der Waals surface area contributed by atoms with Crippen LogP contribution in [0.1, 0.15) is 37.3 Å². The van der Waals surface area contributed by atoms with Gasteiger partial charge in [-0.05, 0) is 30.2 Å². The monoisotopic (exact) mass is 413 g/mol. The van der Waals surface area contributed by atoms with E-state index in [0.29, 0.717) is 29.9 Å². The summed E-state index contributed by atoms with van der Waals surface area (Å²) >= 11 is 1.30. The Hall–Kier alpha value is -3.00. The van der Waals surface area contributed by atoms with Crippen molar-refractivity contribution in [3.63, 3.8) is 0 Å². The van der Waals surface area contributed by atoms with E-state index in [9.17, 15) is 9.59 Å². The fraction of sp³-hybridized carbons (Fsp3) is 0.286. The Balaban J connectivity index is 1.81. The molecule has 1 heterocycles. The maximum absolute atomic E-state index is 12.0. The maximum Gasteiger partial charge on any atom is 0.241 e. The number of thioether (sulfide) groups is 1. The van der Waals surface area contributed by atoms with Crippen molar-refractivity contribution < 1.29 is 19.1 Å². The van der Waals surface area contributed by atoms with Crippen LogP contribution in [0.15, 0.2) is 53.6 Å². The van der Waals surface area contributed by atoms with Crippen LogP contribution in [0.4, 0.5) is 0 Å². The molecule has 1 N–H and O–H groups in total. The van der Waals surface area contributed by atoms with E-state index in [1.54, 1.807) is 0 Å². The van der Waals surface area contributed by atoms with Crippen molar-refractivity contribution in [2.24, 2.45) is 5.10 Å². The summed E-state index contributed by atoms with van der Waals surface area (Å²) in [5.41, 5.74) is 1.88. The van der Waals surface area contributed by atoms with Gasteiger partial charge in [-0.2, -0.15) is 0 Å². The first-order valence-electron chi connectivity index (χ1n) is 9.24. The molecule has 0 spiro atoms. The van der Waals surface area contributed by atoms with Gasteiger partial charge in [0, 0.05) is 13.8 Å². The summed E-state index contributed by atoms with van der Waals surface area (Å²) in [7, 11) is 0. The van der Waals surface area contributed by atoms with Gasteiger partial charge in [-0.15, -0.1) is 5.10 Å². The van der Waals surface area contributed by atoms with E-state index in [-0.39, 0.29) is 11.8 Å². The standard InChI is InChI=1S/C21H23N3O4S/c1-4-27-19-12-17(10-11-18(19)28-13-16-8-6-5-7-9-16)20-24(15(3)26)23-21(29-20)22-14(2)25/h5-12,20H,4,13H2,1-3H3,(H,22,23,25). The summed E-state index contributed by atoms with van der Waals surface area (Å²) in [5.74, 6) is 0.767. The number of amides is 2. The minimum Gasteiger partial charge on any atom is -0.490 e. The number of hydrogen-bond donors (Lipinski definition) is 1. The fourth-order valence-corrected chi connectivity index (χ4v) is 3.91. The second-order valence-corrected chi connectivity index (χ2v) is 7.40. The van der Waals surface area contributed by atoms with E-state index in [4.69, 9.17) is 9.47 Å². The van der Waals surface area contributed by atoms with Crippen LogP contribution in [0.25, 0.3) is 0 Å². The van der Waals surface area contributed by atoms with Crippen molar-refractivity contribution >= 4 is 28.7 Å². The highest BCUT2D eigenvalue weighted by atomic mass is 32.2. The van der Waals surface area contributed by atoms with E-state index in [2.05, 4.69) is 10.4 Å². The molecule has 0 aromatic heterocycles. The number of nitrogens with zero attached hydrogens (tertiary/aromatic N) is 2. The third-order valence-electron chi connectivity index (χ3n) is 4.04. The molecular formula is C21H23N3O4S. The topological polar surface area (TPSA) is 80.2 Å². The predicted octanol–water partition coefficient (Wildman–Crippen LogP) is 3.67.